The van der Waals surface area contributed by atoms with Gasteiger partial charge in [-0.25, -0.2) is 4.98 Å². The number of thiazole rings is 1. The zero-order chi connectivity index (χ0) is 7.68. The van der Waals surface area contributed by atoms with Crippen molar-refractivity contribution in [2.45, 2.75) is 13.0 Å². The molecular weight excluding hydrogens is 176 g/mol. The van der Waals surface area contributed by atoms with Gasteiger partial charge in [0.25, 0.3) is 0 Å². The molecule has 1 aliphatic rings. The van der Waals surface area contributed by atoms with Crippen molar-refractivity contribution in [3.8, 4) is 0 Å². The van der Waals surface area contributed by atoms with Gasteiger partial charge in [0, 0.05) is 22.7 Å². The second-order valence-corrected chi connectivity index (χ2v) is 4.52. The van der Waals surface area contributed by atoms with Gasteiger partial charge < -0.3 is 0 Å². The molecule has 0 amide bonds. The highest BCUT2D eigenvalue weighted by Gasteiger charge is 2.18. The molecule has 1 atom stereocenters. The molecule has 60 valence electrons. The predicted molar refractivity (Wildman–Crippen MR) is 50.1 cm³/mol. The average molecular weight is 186 g/mol. The lowest BCUT2D eigenvalue weighted by molar-refractivity contribution is 0.670. The van der Waals surface area contributed by atoms with Gasteiger partial charge in [-0.1, -0.05) is 0 Å². The number of aromatic nitrogens is 1. The molecule has 4 heteroatoms. The zero-order valence-electron chi connectivity index (χ0n) is 6.33. The van der Waals surface area contributed by atoms with E-state index in [4.69, 9.17) is 0 Å². The van der Waals surface area contributed by atoms with Crippen molar-refractivity contribution < 1.29 is 0 Å². The van der Waals surface area contributed by atoms with Crippen LogP contribution in [0.4, 0.5) is 0 Å². The summed E-state index contributed by atoms with van der Waals surface area (Å²) < 4.78 is 0. The van der Waals surface area contributed by atoms with Crippen molar-refractivity contribution in [1.29, 1.82) is 0 Å². The first-order chi connectivity index (χ1) is 5.36. The SMILES string of the molecule is Cc1csc(C2CSCN2)n1. The standard InChI is InChI=1S/C7H10N2S2/c1-5-2-11-7(9-5)6-3-10-4-8-6/h2,6,8H,3-4H2,1H3. The van der Waals surface area contributed by atoms with Crippen molar-refractivity contribution in [3.63, 3.8) is 0 Å². The number of thioether (sulfide) groups is 1. The van der Waals surface area contributed by atoms with Crippen molar-refractivity contribution in [3.05, 3.63) is 16.1 Å². The first-order valence-electron chi connectivity index (χ1n) is 3.59. The van der Waals surface area contributed by atoms with Crippen molar-refractivity contribution in [2.24, 2.45) is 0 Å². The second-order valence-electron chi connectivity index (χ2n) is 2.60. The molecule has 0 aliphatic carbocycles. The third kappa shape index (κ3) is 1.58. The molecule has 0 aromatic carbocycles. The summed E-state index contributed by atoms with van der Waals surface area (Å²) in [5.74, 6) is 2.25. The minimum Gasteiger partial charge on any atom is -0.298 e. The van der Waals surface area contributed by atoms with Crippen LogP contribution in [0.25, 0.3) is 0 Å². The summed E-state index contributed by atoms with van der Waals surface area (Å²) in [7, 11) is 0. The van der Waals surface area contributed by atoms with E-state index in [9.17, 15) is 0 Å². The third-order valence-corrected chi connectivity index (χ3v) is 3.67. The highest BCUT2D eigenvalue weighted by molar-refractivity contribution is 7.99. The maximum Gasteiger partial charge on any atom is 0.111 e. The summed E-state index contributed by atoms with van der Waals surface area (Å²) in [5.41, 5.74) is 1.14. The number of hydrogen-bond acceptors (Lipinski definition) is 4. The Morgan fingerprint density at radius 3 is 3.18 bits per heavy atom. The molecule has 2 heterocycles. The van der Waals surface area contributed by atoms with E-state index >= 15 is 0 Å². The van der Waals surface area contributed by atoms with Crippen molar-refractivity contribution in [2.75, 3.05) is 11.6 Å². The van der Waals surface area contributed by atoms with Crippen LogP contribution in [-0.2, 0) is 0 Å². The molecule has 1 saturated heterocycles. The molecule has 0 saturated carbocycles. The Morgan fingerprint density at radius 1 is 1.73 bits per heavy atom. The average Bonchev–Trinajstić information content (AvgIpc) is 2.55. The molecule has 1 aromatic rings. The van der Waals surface area contributed by atoms with Crippen LogP contribution in [0.1, 0.15) is 16.7 Å². The maximum absolute atomic E-state index is 4.44. The van der Waals surface area contributed by atoms with Gasteiger partial charge in [-0.05, 0) is 6.92 Å². The van der Waals surface area contributed by atoms with E-state index in [0.29, 0.717) is 6.04 Å². The molecule has 1 unspecified atom stereocenters. The van der Waals surface area contributed by atoms with Crippen LogP contribution < -0.4 is 5.32 Å². The minimum atomic E-state index is 0.513. The summed E-state index contributed by atoms with van der Waals surface area (Å²) in [5, 5.41) is 6.75. The lowest BCUT2D eigenvalue weighted by Crippen LogP contribution is -2.14. The van der Waals surface area contributed by atoms with Crippen LogP contribution in [0.3, 0.4) is 0 Å². The Bertz CT molecular complexity index is 240. The van der Waals surface area contributed by atoms with Gasteiger partial charge in [0.2, 0.25) is 0 Å². The van der Waals surface area contributed by atoms with Crippen LogP contribution in [0, 0.1) is 6.92 Å². The van der Waals surface area contributed by atoms with E-state index < -0.39 is 0 Å². The first kappa shape index (κ1) is 7.58. The number of aryl methyl sites for hydroxylation is 1. The number of rotatable bonds is 1. The van der Waals surface area contributed by atoms with E-state index in [1.807, 2.05) is 18.7 Å². The molecule has 2 rings (SSSR count). The van der Waals surface area contributed by atoms with Crippen molar-refractivity contribution >= 4 is 23.1 Å². The summed E-state index contributed by atoms with van der Waals surface area (Å²) in [6.07, 6.45) is 0. The third-order valence-electron chi connectivity index (χ3n) is 1.65. The zero-order valence-corrected chi connectivity index (χ0v) is 7.97. The molecule has 0 radical (unpaired) electrons. The fourth-order valence-corrected chi connectivity index (χ4v) is 3.01. The fraction of sp³-hybridized carbons (Fsp3) is 0.571. The molecular formula is C7H10N2S2. The lowest BCUT2D eigenvalue weighted by atomic mass is 10.4. The molecule has 0 spiro atoms. The quantitative estimate of drug-likeness (QED) is 0.724. The van der Waals surface area contributed by atoms with Gasteiger partial charge in [0.1, 0.15) is 5.01 Å². The summed E-state index contributed by atoms with van der Waals surface area (Å²) in [6.45, 7) is 2.04. The Labute approximate surface area is 74.4 Å². The number of nitrogens with one attached hydrogen (secondary N) is 1. The topological polar surface area (TPSA) is 24.9 Å². The van der Waals surface area contributed by atoms with Gasteiger partial charge >= 0.3 is 0 Å². The number of nitrogens with zero attached hydrogens (tertiary/aromatic N) is 1. The largest absolute Gasteiger partial charge is 0.298 e. The lowest BCUT2D eigenvalue weighted by Gasteiger charge is -2.02. The van der Waals surface area contributed by atoms with Gasteiger partial charge in [-0.2, -0.15) is 0 Å². The molecule has 1 fully saturated rings. The molecule has 0 bridgehead atoms. The first-order valence-corrected chi connectivity index (χ1v) is 5.63. The molecule has 1 N–H and O–H groups in total. The summed E-state index contributed by atoms with van der Waals surface area (Å²) in [6, 6.07) is 0.513. The van der Waals surface area contributed by atoms with Crippen LogP contribution in [0.2, 0.25) is 0 Å². The highest BCUT2D eigenvalue weighted by atomic mass is 32.2. The maximum atomic E-state index is 4.44. The van der Waals surface area contributed by atoms with E-state index in [2.05, 4.69) is 15.7 Å². The van der Waals surface area contributed by atoms with Crippen LogP contribution in [0.15, 0.2) is 5.38 Å². The van der Waals surface area contributed by atoms with Gasteiger partial charge in [-0.3, -0.25) is 5.32 Å². The monoisotopic (exact) mass is 186 g/mol. The van der Waals surface area contributed by atoms with E-state index in [1.54, 1.807) is 11.3 Å². The van der Waals surface area contributed by atoms with Crippen LogP contribution in [-0.4, -0.2) is 16.6 Å². The Morgan fingerprint density at radius 2 is 2.64 bits per heavy atom. The molecule has 1 aliphatic heterocycles. The molecule has 2 nitrogen and oxygen atoms in total. The fourth-order valence-electron chi connectivity index (χ4n) is 1.09. The molecule has 1 aromatic heterocycles. The van der Waals surface area contributed by atoms with E-state index in [-0.39, 0.29) is 0 Å². The highest BCUT2D eigenvalue weighted by Crippen LogP contribution is 2.26. The summed E-state index contributed by atoms with van der Waals surface area (Å²) in [4.78, 5) is 4.44. The Kier molecular flexibility index (Phi) is 2.16. The normalized spacial score (nSPS) is 24.3. The molecule has 11 heavy (non-hydrogen) atoms. The van der Waals surface area contributed by atoms with Gasteiger partial charge in [0.05, 0.1) is 6.04 Å². The Balaban J connectivity index is 2.15. The van der Waals surface area contributed by atoms with Gasteiger partial charge in [0.15, 0.2) is 0 Å². The number of hydrogen-bond donors (Lipinski definition) is 1. The second kappa shape index (κ2) is 3.13. The van der Waals surface area contributed by atoms with Crippen molar-refractivity contribution in [1.82, 2.24) is 10.3 Å². The predicted octanol–water partition coefficient (Wildman–Crippen LogP) is 1.79. The minimum absolute atomic E-state index is 0.513. The summed E-state index contributed by atoms with van der Waals surface area (Å²) >= 11 is 3.70. The Hall–Kier alpha value is -0.0600. The van der Waals surface area contributed by atoms with E-state index in [1.165, 1.54) is 10.8 Å². The van der Waals surface area contributed by atoms with Gasteiger partial charge in [-0.15, -0.1) is 23.1 Å². The smallest absolute Gasteiger partial charge is 0.111 e. The van der Waals surface area contributed by atoms with Crippen LogP contribution in [0.5, 0.6) is 0 Å². The van der Waals surface area contributed by atoms with E-state index in [0.717, 1.165) is 11.6 Å². The van der Waals surface area contributed by atoms with Crippen LogP contribution >= 0.6 is 23.1 Å².